The second kappa shape index (κ2) is 8.65. The Hall–Kier alpha value is -1.91. The van der Waals surface area contributed by atoms with Crippen LogP contribution in [0.25, 0.3) is 0 Å². The minimum absolute atomic E-state index is 0.329. The summed E-state index contributed by atoms with van der Waals surface area (Å²) < 4.78 is 11.0. The lowest BCUT2D eigenvalue weighted by molar-refractivity contribution is 0.132. The minimum atomic E-state index is 0.329. The quantitative estimate of drug-likeness (QED) is 0.742. The summed E-state index contributed by atoms with van der Waals surface area (Å²) in [7, 11) is 3.83. The number of methoxy groups -OCH3 is 1. The summed E-state index contributed by atoms with van der Waals surface area (Å²) >= 11 is 0. The summed E-state index contributed by atoms with van der Waals surface area (Å²) in [6.45, 7) is 6.36. The average Bonchev–Trinajstić information content (AvgIpc) is 2.60. The molecule has 0 radical (unpaired) electrons. The van der Waals surface area contributed by atoms with Crippen molar-refractivity contribution in [1.82, 2.24) is 9.88 Å². The van der Waals surface area contributed by atoms with Crippen LogP contribution in [0.3, 0.4) is 0 Å². The Balaban J connectivity index is 2.09. The van der Waals surface area contributed by atoms with E-state index in [-0.39, 0.29) is 0 Å². The lowest BCUT2D eigenvalue weighted by Crippen LogP contribution is -2.22. The van der Waals surface area contributed by atoms with Gasteiger partial charge in [0, 0.05) is 37.2 Å². The topological polar surface area (TPSA) is 34.6 Å². The number of rotatable bonds is 8. The molecule has 0 amide bonds. The molecule has 23 heavy (non-hydrogen) atoms. The third-order valence-corrected chi connectivity index (χ3v) is 4.09. The highest BCUT2D eigenvalue weighted by Crippen LogP contribution is 2.24. The monoisotopic (exact) mass is 314 g/mol. The highest BCUT2D eigenvalue weighted by molar-refractivity contribution is 5.37. The van der Waals surface area contributed by atoms with Gasteiger partial charge in [-0.05, 0) is 56.3 Å². The Morgan fingerprint density at radius 3 is 2.57 bits per heavy atom. The van der Waals surface area contributed by atoms with E-state index in [9.17, 15) is 0 Å². The second-order valence-electron chi connectivity index (χ2n) is 5.65. The van der Waals surface area contributed by atoms with Gasteiger partial charge in [-0.3, -0.25) is 9.88 Å². The Labute approximate surface area is 139 Å². The molecule has 1 aromatic carbocycles. The molecule has 2 rings (SSSR count). The molecule has 2 aromatic rings. The molecular weight excluding hydrogens is 288 g/mol. The summed E-state index contributed by atoms with van der Waals surface area (Å²) in [5.74, 6) is 0.882. The van der Waals surface area contributed by atoms with Crippen LogP contribution in [0, 0.1) is 0 Å². The largest absolute Gasteiger partial charge is 0.496 e. The maximum atomic E-state index is 5.54. The predicted octanol–water partition coefficient (Wildman–Crippen LogP) is 3.82. The van der Waals surface area contributed by atoms with Crippen molar-refractivity contribution in [3.63, 3.8) is 0 Å². The van der Waals surface area contributed by atoms with Crippen molar-refractivity contribution in [2.24, 2.45) is 0 Å². The van der Waals surface area contributed by atoms with Crippen LogP contribution < -0.4 is 4.74 Å². The van der Waals surface area contributed by atoms with E-state index in [0.29, 0.717) is 19.3 Å². The van der Waals surface area contributed by atoms with Crippen molar-refractivity contribution in [1.29, 1.82) is 0 Å². The molecule has 0 spiro atoms. The smallest absolute Gasteiger partial charge is 0.124 e. The number of benzene rings is 1. The van der Waals surface area contributed by atoms with Crippen LogP contribution in [-0.2, 0) is 17.9 Å². The van der Waals surface area contributed by atoms with Crippen LogP contribution in [0.1, 0.15) is 36.6 Å². The van der Waals surface area contributed by atoms with Crippen LogP contribution in [0.15, 0.2) is 42.7 Å². The number of hydrogen-bond acceptors (Lipinski definition) is 4. The van der Waals surface area contributed by atoms with Crippen molar-refractivity contribution in [2.75, 3.05) is 20.8 Å². The van der Waals surface area contributed by atoms with E-state index in [1.165, 1.54) is 11.1 Å². The van der Waals surface area contributed by atoms with Gasteiger partial charge in [0.2, 0.25) is 0 Å². The predicted molar refractivity (Wildman–Crippen MR) is 92.4 cm³/mol. The third kappa shape index (κ3) is 4.78. The molecule has 1 atom stereocenters. The van der Waals surface area contributed by atoms with Gasteiger partial charge in [-0.15, -0.1) is 0 Å². The number of pyridine rings is 1. The van der Waals surface area contributed by atoms with Crippen molar-refractivity contribution in [3.05, 3.63) is 59.4 Å². The van der Waals surface area contributed by atoms with E-state index in [0.717, 1.165) is 17.9 Å². The van der Waals surface area contributed by atoms with E-state index < -0.39 is 0 Å². The van der Waals surface area contributed by atoms with E-state index in [4.69, 9.17) is 9.47 Å². The van der Waals surface area contributed by atoms with Crippen LogP contribution >= 0.6 is 0 Å². The molecule has 4 heteroatoms. The van der Waals surface area contributed by atoms with Gasteiger partial charge in [-0.2, -0.15) is 0 Å². The SMILES string of the molecule is CCOCc1cc(CN(C)[C@H](C)c2ccncc2)ccc1OC. The maximum absolute atomic E-state index is 5.54. The first-order valence-corrected chi connectivity index (χ1v) is 7.99. The molecule has 0 N–H and O–H groups in total. The highest BCUT2D eigenvalue weighted by atomic mass is 16.5. The normalized spacial score (nSPS) is 12.4. The summed E-state index contributed by atoms with van der Waals surface area (Å²) in [5, 5.41) is 0. The van der Waals surface area contributed by atoms with E-state index >= 15 is 0 Å². The van der Waals surface area contributed by atoms with Crippen LogP contribution in [-0.4, -0.2) is 30.6 Å². The van der Waals surface area contributed by atoms with Gasteiger partial charge in [0.25, 0.3) is 0 Å². The van der Waals surface area contributed by atoms with Gasteiger partial charge in [-0.1, -0.05) is 6.07 Å². The molecule has 1 aromatic heterocycles. The fraction of sp³-hybridized carbons (Fsp3) is 0.421. The van der Waals surface area contributed by atoms with Gasteiger partial charge < -0.3 is 9.47 Å². The van der Waals surface area contributed by atoms with Crippen LogP contribution in [0.2, 0.25) is 0 Å². The minimum Gasteiger partial charge on any atom is -0.496 e. The van der Waals surface area contributed by atoms with Crippen LogP contribution in [0.4, 0.5) is 0 Å². The van der Waals surface area contributed by atoms with E-state index in [1.807, 2.05) is 25.4 Å². The zero-order valence-corrected chi connectivity index (χ0v) is 14.5. The lowest BCUT2D eigenvalue weighted by Gasteiger charge is -2.25. The molecule has 124 valence electrons. The summed E-state index contributed by atoms with van der Waals surface area (Å²) in [4.78, 5) is 6.41. The number of nitrogens with zero attached hydrogens (tertiary/aromatic N) is 2. The second-order valence-corrected chi connectivity index (χ2v) is 5.65. The van der Waals surface area contributed by atoms with Gasteiger partial charge in [0.05, 0.1) is 13.7 Å². The van der Waals surface area contributed by atoms with Crippen molar-refractivity contribution < 1.29 is 9.47 Å². The number of hydrogen-bond donors (Lipinski definition) is 0. The maximum Gasteiger partial charge on any atom is 0.124 e. The molecule has 0 saturated carbocycles. The molecule has 0 aliphatic heterocycles. The van der Waals surface area contributed by atoms with Crippen molar-refractivity contribution in [3.8, 4) is 5.75 Å². The van der Waals surface area contributed by atoms with Gasteiger partial charge in [0.15, 0.2) is 0 Å². The van der Waals surface area contributed by atoms with E-state index in [2.05, 4.69) is 48.1 Å². The van der Waals surface area contributed by atoms with E-state index in [1.54, 1.807) is 7.11 Å². The Morgan fingerprint density at radius 1 is 1.17 bits per heavy atom. The van der Waals surface area contributed by atoms with Gasteiger partial charge >= 0.3 is 0 Å². The molecule has 0 aliphatic carbocycles. The third-order valence-electron chi connectivity index (χ3n) is 4.09. The molecule has 0 fully saturated rings. The highest BCUT2D eigenvalue weighted by Gasteiger charge is 2.13. The molecular formula is C19H26N2O2. The first kappa shape index (κ1) is 17.4. The molecule has 0 unspecified atom stereocenters. The molecule has 4 nitrogen and oxygen atoms in total. The van der Waals surface area contributed by atoms with Crippen molar-refractivity contribution in [2.45, 2.75) is 33.0 Å². The number of aromatic nitrogens is 1. The summed E-state index contributed by atoms with van der Waals surface area (Å²) in [5.41, 5.74) is 3.62. The zero-order valence-electron chi connectivity index (χ0n) is 14.5. The Morgan fingerprint density at radius 2 is 1.91 bits per heavy atom. The lowest BCUT2D eigenvalue weighted by atomic mass is 10.1. The fourth-order valence-corrected chi connectivity index (χ4v) is 2.58. The summed E-state index contributed by atoms with van der Waals surface area (Å²) in [6.07, 6.45) is 3.68. The Kier molecular flexibility index (Phi) is 6.56. The molecule has 0 saturated heterocycles. The zero-order chi connectivity index (χ0) is 16.7. The molecule has 0 bridgehead atoms. The molecule has 0 aliphatic rings. The number of ether oxygens (including phenoxy) is 2. The van der Waals surface area contributed by atoms with Gasteiger partial charge in [-0.25, -0.2) is 0 Å². The molecule has 1 heterocycles. The fourth-order valence-electron chi connectivity index (χ4n) is 2.58. The first-order valence-electron chi connectivity index (χ1n) is 7.99. The Bertz CT molecular complexity index is 602. The summed E-state index contributed by atoms with van der Waals surface area (Å²) in [6, 6.07) is 10.8. The standard InChI is InChI=1S/C19H26N2O2/c1-5-23-14-18-12-16(6-7-19(18)22-4)13-21(3)15(2)17-8-10-20-11-9-17/h6-12,15H,5,13-14H2,1-4H3/t15-/m1/s1. The van der Waals surface area contributed by atoms with Crippen molar-refractivity contribution >= 4 is 0 Å². The van der Waals surface area contributed by atoms with Crippen LogP contribution in [0.5, 0.6) is 5.75 Å². The van der Waals surface area contributed by atoms with Gasteiger partial charge in [0.1, 0.15) is 5.75 Å². The average molecular weight is 314 g/mol. The first-order chi connectivity index (χ1) is 11.2.